The number of hydrogen-bond acceptors (Lipinski definition) is 2. The monoisotopic (exact) mass is 931 g/mol. The first-order valence-electron chi connectivity index (χ1n) is 27.3. The van der Waals surface area contributed by atoms with E-state index in [-0.39, 0.29) is 21.7 Å². The van der Waals surface area contributed by atoms with Crippen LogP contribution in [0.25, 0.3) is 11.1 Å². The van der Waals surface area contributed by atoms with Gasteiger partial charge < -0.3 is 9.80 Å². The second kappa shape index (κ2) is 18.5. The number of hydrogen-bond donors (Lipinski definition) is 0. The predicted octanol–water partition coefficient (Wildman–Crippen LogP) is 19.9. The average molecular weight is 931 g/mol. The Kier molecular flexibility index (Phi) is 13.2. The molecule has 368 valence electrons. The molecule has 0 unspecified atom stereocenters. The minimum absolute atomic E-state index is 0.0429. The molecule has 0 spiro atoms. The van der Waals surface area contributed by atoms with Gasteiger partial charge in [0.2, 0.25) is 0 Å². The topological polar surface area (TPSA) is 6.48 Å². The van der Waals surface area contributed by atoms with Crippen molar-refractivity contribution in [3.63, 3.8) is 0 Å². The van der Waals surface area contributed by atoms with Crippen LogP contribution in [0.5, 0.6) is 0 Å². The van der Waals surface area contributed by atoms with Gasteiger partial charge in [-0.15, -0.1) is 0 Å². The molecule has 2 nitrogen and oxygen atoms in total. The van der Waals surface area contributed by atoms with Crippen molar-refractivity contribution in [1.82, 2.24) is 0 Å². The van der Waals surface area contributed by atoms with Crippen LogP contribution in [0.15, 0.2) is 109 Å². The number of benzene rings is 6. The summed E-state index contributed by atoms with van der Waals surface area (Å²) in [4.78, 5) is 5.22. The zero-order valence-electron chi connectivity index (χ0n) is 46.3. The van der Waals surface area contributed by atoms with Crippen molar-refractivity contribution in [3.8, 4) is 11.1 Å². The highest BCUT2D eigenvalue weighted by Gasteiger charge is 2.66. The van der Waals surface area contributed by atoms with Gasteiger partial charge in [0.15, 0.2) is 0 Å². The second-order valence-electron chi connectivity index (χ2n) is 25.9. The molecule has 9 rings (SSSR count). The maximum atomic E-state index is 2.72. The summed E-state index contributed by atoms with van der Waals surface area (Å²) >= 11 is 0. The molecule has 70 heavy (non-hydrogen) atoms. The molecular weight excluding hydrogens is 845 g/mol. The molecule has 3 aliphatic rings. The van der Waals surface area contributed by atoms with Crippen molar-refractivity contribution in [1.29, 1.82) is 0 Å². The van der Waals surface area contributed by atoms with E-state index >= 15 is 0 Å². The van der Waals surface area contributed by atoms with Gasteiger partial charge in [-0.1, -0.05) is 167 Å². The molecule has 0 heterocycles. The summed E-state index contributed by atoms with van der Waals surface area (Å²) in [6, 6.07) is 43.8. The van der Waals surface area contributed by atoms with Crippen LogP contribution in [0, 0.1) is 65.2 Å². The van der Waals surface area contributed by atoms with Crippen LogP contribution in [-0.2, 0) is 21.7 Å². The molecule has 2 heteroatoms. The van der Waals surface area contributed by atoms with Crippen molar-refractivity contribution < 1.29 is 0 Å². The molecule has 6 aromatic rings. The largest absolute Gasteiger partial charge is 0.310 e. The van der Waals surface area contributed by atoms with Crippen LogP contribution in [0.4, 0.5) is 34.1 Å². The maximum Gasteiger partial charge on any atom is 0.0520 e. The van der Waals surface area contributed by atoms with E-state index in [2.05, 4.69) is 230 Å². The van der Waals surface area contributed by atoms with Crippen molar-refractivity contribution in [2.45, 2.75) is 184 Å². The third kappa shape index (κ3) is 8.98. The molecular formula is C68H86N2. The summed E-state index contributed by atoms with van der Waals surface area (Å²) in [5.41, 5.74) is 24.7. The van der Waals surface area contributed by atoms with Crippen LogP contribution in [0.1, 0.15) is 176 Å². The van der Waals surface area contributed by atoms with Crippen LogP contribution in [0.2, 0.25) is 0 Å². The molecule has 0 aliphatic heterocycles. The van der Waals surface area contributed by atoms with Gasteiger partial charge in [-0.3, -0.25) is 0 Å². The van der Waals surface area contributed by atoms with Gasteiger partial charge in [0.1, 0.15) is 0 Å². The van der Waals surface area contributed by atoms with Crippen LogP contribution < -0.4 is 9.80 Å². The highest BCUT2D eigenvalue weighted by Crippen LogP contribution is 2.73. The van der Waals surface area contributed by atoms with E-state index in [9.17, 15) is 0 Å². The quantitative estimate of drug-likeness (QED) is 0.121. The smallest absolute Gasteiger partial charge is 0.0520 e. The van der Waals surface area contributed by atoms with E-state index in [1.807, 2.05) is 0 Å². The van der Waals surface area contributed by atoms with Gasteiger partial charge in [0.05, 0.1) is 11.4 Å². The number of aryl methyl sites for hydroxylation is 6. The fourth-order valence-corrected chi connectivity index (χ4v) is 13.9. The van der Waals surface area contributed by atoms with E-state index in [4.69, 9.17) is 0 Å². The van der Waals surface area contributed by atoms with Gasteiger partial charge in [-0.2, -0.15) is 0 Å². The van der Waals surface area contributed by atoms with E-state index in [0.29, 0.717) is 23.7 Å². The van der Waals surface area contributed by atoms with Crippen LogP contribution >= 0.6 is 0 Å². The van der Waals surface area contributed by atoms with E-state index < -0.39 is 0 Å². The third-order valence-electron chi connectivity index (χ3n) is 17.4. The zero-order chi connectivity index (χ0) is 50.2. The summed E-state index contributed by atoms with van der Waals surface area (Å²) in [5.74, 6) is 2.77. The third-order valence-corrected chi connectivity index (χ3v) is 17.4. The summed E-state index contributed by atoms with van der Waals surface area (Å²) in [6.07, 6.45) is 10.3. The maximum absolute atomic E-state index is 2.72. The summed E-state index contributed by atoms with van der Waals surface area (Å²) in [6.45, 7) is 37.5. The summed E-state index contributed by atoms with van der Waals surface area (Å²) in [7, 11) is 0. The molecule has 3 aliphatic carbocycles. The molecule has 0 bridgehead atoms. The number of fused-ring (bicyclic) bond motifs is 3. The SMILES string of the molecule is Cc1ccc(N(c2ccc3c(c2)[C@]24CC(CCC(C)C)C[C@]2(CC(CCC(C)C)C4)c2cc(N(c4ccc(C)cc4)c4c(C)cc(C(C)(C)C)cc4C)ccc2-3)c2c(C)cc(C(C)(C)C)cc2C)cc1. The van der Waals surface area contributed by atoms with Crippen molar-refractivity contribution in [3.05, 3.63) is 165 Å². The first kappa shape index (κ1) is 49.9. The minimum Gasteiger partial charge on any atom is -0.310 e. The fraction of sp³-hybridized carbons (Fsp3) is 0.471. The average Bonchev–Trinajstić information content (AvgIpc) is 3.79. The van der Waals surface area contributed by atoms with Crippen molar-refractivity contribution in [2.24, 2.45) is 23.7 Å². The first-order valence-corrected chi connectivity index (χ1v) is 27.3. The Morgan fingerprint density at radius 3 is 1.01 bits per heavy atom. The van der Waals surface area contributed by atoms with Gasteiger partial charge in [-0.25, -0.2) is 0 Å². The molecule has 0 atom stereocenters. The Labute approximate surface area is 425 Å². The second-order valence-corrected chi connectivity index (χ2v) is 25.9. The van der Waals surface area contributed by atoms with Gasteiger partial charge >= 0.3 is 0 Å². The lowest BCUT2D eigenvalue weighted by Crippen LogP contribution is -2.43. The van der Waals surface area contributed by atoms with Crippen molar-refractivity contribution in [2.75, 3.05) is 9.80 Å². The van der Waals surface area contributed by atoms with Crippen molar-refractivity contribution >= 4 is 34.1 Å². The Morgan fingerprint density at radius 2 is 0.729 bits per heavy atom. The molecule has 2 saturated carbocycles. The molecule has 0 aromatic heterocycles. The zero-order valence-corrected chi connectivity index (χ0v) is 46.3. The molecule has 0 radical (unpaired) electrons. The Hall–Kier alpha value is -5.08. The van der Waals surface area contributed by atoms with E-state index in [1.54, 1.807) is 11.1 Å². The summed E-state index contributed by atoms with van der Waals surface area (Å²) in [5, 5.41) is 0. The highest BCUT2D eigenvalue weighted by molar-refractivity contribution is 5.89. The Bertz CT molecular complexity index is 2620. The lowest BCUT2D eigenvalue weighted by Gasteiger charge is -2.48. The molecule has 2 fully saturated rings. The Balaban J connectivity index is 1.31. The van der Waals surface area contributed by atoms with Gasteiger partial charge in [-0.05, 0) is 206 Å². The number of anilines is 6. The van der Waals surface area contributed by atoms with Crippen LogP contribution in [0.3, 0.4) is 0 Å². The standard InChI is InChI=1S/C68H86N2/c1-43(2)17-23-51-39-67-41-52(24-18-44(3)4)42-68(67,40-51)62-38-58(70(56-27-21-46(6)22-28-56)64-49(9)35-54(36-50(64)10)66(14,15)16)30-32-60(62)59-31-29-57(37-61(59)67)69(55-25-19-45(5)20-26-55)63-47(7)33-53(34-48(63)8)65(11,12)13/h19-22,25-38,43-44,51-52H,17-18,23-24,39-42H2,1-16H3/t51?,52?,67-,68+. The lowest BCUT2D eigenvalue weighted by molar-refractivity contribution is 0.299. The summed E-state index contributed by atoms with van der Waals surface area (Å²) < 4.78 is 0. The number of rotatable bonds is 12. The molecule has 0 amide bonds. The normalized spacial score (nSPS) is 20.7. The molecule has 0 N–H and O–H groups in total. The number of nitrogens with zero attached hydrogens (tertiary/aromatic N) is 2. The lowest BCUT2D eigenvalue weighted by atomic mass is 9.55. The van der Waals surface area contributed by atoms with E-state index in [1.165, 1.54) is 141 Å². The Morgan fingerprint density at radius 1 is 0.429 bits per heavy atom. The minimum atomic E-state index is 0.0429. The van der Waals surface area contributed by atoms with Gasteiger partial charge in [0, 0.05) is 33.6 Å². The predicted molar refractivity (Wildman–Crippen MR) is 304 cm³/mol. The van der Waals surface area contributed by atoms with Gasteiger partial charge in [0.25, 0.3) is 0 Å². The molecule has 0 saturated heterocycles. The van der Waals surface area contributed by atoms with E-state index in [0.717, 1.165) is 0 Å². The fourth-order valence-electron chi connectivity index (χ4n) is 13.9. The highest BCUT2D eigenvalue weighted by atomic mass is 15.2. The van der Waals surface area contributed by atoms with Crippen LogP contribution in [-0.4, -0.2) is 0 Å². The molecule has 6 aromatic carbocycles. The first-order chi connectivity index (χ1) is 33.0.